The van der Waals surface area contributed by atoms with E-state index >= 15 is 0 Å². The number of hydrogen-bond acceptors (Lipinski definition) is 4. The standard InChI is InChI=1S/C8H18N2OS2/c1-8(2,13)6-10-7(11)5-9-3-4-12/h9,12-13H,3-6H2,1-2H3,(H,10,11). The molecule has 0 atom stereocenters. The van der Waals surface area contributed by atoms with Gasteiger partial charge in [0.25, 0.3) is 0 Å². The summed E-state index contributed by atoms with van der Waals surface area (Å²) in [5.74, 6) is 0.745. The molecule has 1 amide bonds. The highest BCUT2D eigenvalue weighted by atomic mass is 32.1. The van der Waals surface area contributed by atoms with E-state index in [9.17, 15) is 4.79 Å². The molecule has 0 heterocycles. The summed E-state index contributed by atoms with van der Waals surface area (Å²) in [6, 6.07) is 0. The van der Waals surface area contributed by atoms with Gasteiger partial charge in [0.1, 0.15) is 0 Å². The van der Waals surface area contributed by atoms with Crippen molar-refractivity contribution in [1.82, 2.24) is 10.6 Å². The Morgan fingerprint density at radius 3 is 2.54 bits per heavy atom. The SMILES string of the molecule is CC(C)(S)CNC(=O)CNCCS. The summed E-state index contributed by atoms with van der Waals surface area (Å²) in [5.41, 5.74) is 0. The van der Waals surface area contributed by atoms with Crippen molar-refractivity contribution < 1.29 is 4.79 Å². The number of thiol groups is 2. The lowest BCUT2D eigenvalue weighted by atomic mass is 10.2. The zero-order chi connectivity index (χ0) is 10.3. The quantitative estimate of drug-likeness (QED) is 0.386. The van der Waals surface area contributed by atoms with Crippen molar-refractivity contribution in [2.24, 2.45) is 0 Å². The second-order valence-corrected chi connectivity index (χ2v) is 5.15. The molecule has 0 unspecified atom stereocenters. The monoisotopic (exact) mass is 222 g/mol. The molecule has 0 aromatic rings. The van der Waals surface area contributed by atoms with Gasteiger partial charge in [0.2, 0.25) is 5.91 Å². The summed E-state index contributed by atoms with van der Waals surface area (Å²) in [7, 11) is 0. The van der Waals surface area contributed by atoms with Crippen LogP contribution < -0.4 is 10.6 Å². The van der Waals surface area contributed by atoms with Crippen molar-refractivity contribution in [3.05, 3.63) is 0 Å². The lowest BCUT2D eigenvalue weighted by Crippen LogP contribution is -2.40. The van der Waals surface area contributed by atoms with Crippen molar-refractivity contribution >= 4 is 31.2 Å². The summed E-state index contributed by atoms with van der Waals surface area (Å²) < 4.78 is -0.154. The third-order valence-electron chi connectivity index (χ3n) is 1.29. The van der Waals surface area contributed by atoms with E-state index < -0.39 is 0 Å². The summed E-state index contributed by atoms with van der Waals surface area (Å²) in [5, 5.41) is 5.74. The number of rotatable bonds is 6. The molecule has 13 heavy (non-hydrogen) atoms. The van der Waals surface area contributed by atoms with Gasteiger partial charge in [-0.25, -0.2) is 0 Å². The fourth-order valence-corrected chi connectivity index (χ4v) is 0.896. The Balaban J connectivity index is 3.41. The summed E-state index contributed by atoms with van der Waals surface area (Å²) >= 11 is 8.31. The van der Waals surface area contributed by atoms with Gasteiger partial charge in [-0.2, -0.15) is 25.3 Å². The van der Waals surface area contributed by atoms with Crippen molar-refractivity contribution in [1.29, 1.82) is 0 Å². The Labute approximate surface area is 90.9 Å². The third kappa shape index (κ3) is 10.0. The van der Waals surface area contributed by atoms with Crippen LogP contribution in [0.2, 0.25) is 0 Å². The first kappa shape index (κ1) is 13.1. The van der Waals surface area contributed by atoms with Crippen LogP contribution >= 0.6 is 25.3 Å². The van der Waals surface area contributed by atoms with Gasteiger partial charge >= 0.3 is 0 Å². The third-order valence-corrected chi connectivity index (χ3v) is 1.67. The highest BCUT2D eigenvalue weighted by Crippen LogP contribution is 2.08. The van der Waals surface area contributed by atoms with Gasteiger partial charge in [-0.1, -0.05) is 0 Å². The Morgan fingerprint density at radius 2 is 2.08 bits per heavy atom. The number of nitrogens with one attached hydrogen (secondary N) is 2. The number of carbonyl (C=O) groups excluding carboxylic acids is 1. The van der Waals surface area contributed by atoms with Gasteiger partial charge in [0.15, 0.2) is 0 Å². The Bertz CT molecular complexity index is 157. The van der Waals surface area contributed by atoms with Gasteiger partial charge in [0, 0.05) is 23.6 Å². The molecule has 0 aliphatic carbocycles. The zero-order valence-electron chi connectivity index (χ0n) is 8.13. The van der Waals surface area contributed by atoms with Crippen LogP contribution in [0.25, 0.3) is 0 Å². The van der Waals surface area contributed by atoms with Gasteiger partial charge < -0.3 is 10.6 Å². The van der Waals surface area contributed by atoms with Crippen LogP contribution in [-0.4, -0.2) is 36.0 Å². The van der Waals surface area contributed by atoms with E-state index in [0.717, 1.165) is 12.3 Å². The highest BCUT2D eigenvalue weighted by Gasteiger charge is 2.12. The molecule has 0 rings (SSSR count). The predicted molar refractivity (Wildman–Crippen MR) is 62.8 cm³/mol. The van der Waals surface area contributed by atoms with Crippen molar-refractivity contribution in [3.8, 4) is 0 Å². The highest BCUT2D eigenvalue weighted by molar-refractivity contribution is 7.81. The zero-order valence-corrected chi connectivity index (χ0v) is 9.92. The molecule has 0 radical (unpaired) electrons. The molecule has 0 bridgehead atoms. The molecule has 0 saturated heterocycles. The molecule has 2 N–H and O–H groups in total. The average Bonchev–Trinajstić information content (AvgIpc) is 2.00. The van der Waals surface area contributed by atoms with Crippen LogP contribution in [0.4, 0.5) is 0 Å². The van der Waals surface area contributed by atoms with E-state index in [2.05, 4.69) is 35.9 Å². The maximum absolute atomic E-state index is 11.1. The fourth-order valence-electron chi connectivity index (χ4n) is 0.658. The smallest absolute Gasteiger partial charge is 0.234 e. The molecule has 3 nitrogen and oxygen atoms in total. The maximum atomic E-state index is 11.1. The van der Waals surface area contributed by atoms with Crippen molar-refractivity contribution in [2.45, 2.75) is 18.6 Å². The van der Waals surface area contributed by atoms with Gasteiger partial charge in [-0.3, -0.25) is 4.79 Å². The number of hydrogen-bond donors (Lipinski definition) is 4. The van der Waals surface area contributed by atoms with Gasteiger partial charge in [-0.15, -0.1) is 0 Å². The van der Waals surface area contributed by atoms with Crippen LogP contribution in [0.1, 0.15) is 13.8 Å². The first-order chi connectivity index (χ1) is 5.95. The first-order valence-corrected chi connectivity index (χ1v) is 5.34. The average molecular weight is 222 g/mol. The molecule has 0 fully saturated rings. The van der Waals surface area contributed by atoms with E-state index in [0.29, 0.717) is 13.1 Å². The molecule has 0 aliphatic heterocycles. The summed E-state index contributed by atoms with van der Waals surface area (Å²) in [6.45, 7) is 5.60. The second kappa shape index (κ2) is 6.56. The van der Waals surface area contributed by atoms with E-state index in [-0.39, 0.29) is 10.7 Å². The van der Waals surface area contributed by atoms with E-state index in [1.807, 2.05) is 13.8 Å². The molecule has 0 spiro atoms. The Hall–Kier alpha value is 0.130. The molecule has 78 valence electrons. The lowest BCUT2D eigenvalue weighted by molar-refractivity contribution is -0.120. The molecular weight excluding hydrogens is 204 g/mol. The van der Waals surface area contributed by atoms with Crippen molar-refractivity contribution in [3.63, 3.8) is 0 Å². The minimum atomic E-state index is -0.154. The fraction of sp³-hybridized carbons (Fsp3) is 0.875. The van der Waals surface area contributed by atoms with Crippen LogP contribution in [0.15, 0.2) is 0 Å². The lowest BCUT2D eigenvalue weighted by Gasteiger charge is -2.17. The van der Waals surface area contributed by atoms with E-state index in [4.69, 9.17) is 0 Å². The Morgan fingerprint density at radius 1 is 1.46 bits per heavy atom. The molecule has 0 saturated carbocycles. The Kier molecular flexibility index (Phi) is 6.63. The van der Waals surface area contributed by atoms with Crippen LogP contribution in [0, 0.1) is 0 Å². The minimum absolute atomic E-state index is 0.00362. The largest absolute Gasteiger partial charge is 0.354 e. The topological polar surface area (TPSA) is 41.1 Å². The van der Waals surface area contributed by atoms with E-state index in [1.165, 1.54) is 0 Å². The molecular formula is C8H18N2OS2. The number of carbonyl (C=O) groups is 1. The minimum Gasteiger partial charge on any atom is -0.354 e. The normalized spacial score (nSPS) is 11.4. The van der Waals surface area contributed by atoms with Crippen molar-refractivity contribution in [2.75, 3.05) is 25.4 Å². The predicted octanol–water partition coefficient (Wildman–Crippen LogP) is 0.330. The summed E-state index contributed by atoms with van der Waals surface area (Å²) in [4.78, 5) is 11.1. The van der Waals surface area contributed by atoms with Gasteiger partial charge in [-0.05, 0) is 13.8 Å². The van der Waals surface area contributed by atoms with Crippen LogP contribution in [-0.2, 0) is 4.79 Å². The summed E-state index contributed by atoms with van der Waals surface area (Å²) in [6.07, 6.45) is 0. The molecule has 0 aliphatic rings. The maximum Gasteiger partial charge on any atom is 0.234 e. The second-order valence-electron chi connectivity index (χ2n) is 3.49. The molecule has 0 aromatic heterocycles. The van der Waals surface area contributed by atoms with Crippen LogP contribution in [0.3, 0.4) is 0 Å². The molecule has 0 aromatic carbocycles. The molecule has 5 heteroatoms. The first-order valence-electron chi connectivity index (χ1n) is 4.26. The van der Waals surface area contributed by atoms with E-state index in [1.54, 1.807) is 0 Å². The van der Waals surface area contributed by atoms with Gasteiger partial charge in [0.05, 0.1) is 6.54 Å². The number of amides is 1. The van der Waals surface area contributed by atoms with Crippen LogP contribution in [0.5, 0.6) is 0 Å².